The van der Waals surface area contributed by atoms with Crippen LogP contribution in [0.15, 0.2) is 34.1 Å². The van der Waals surface area contributed by atoms with Crippen LogP contribution in [0.25, 0.3) is 0 Å². The molecular weight excluding hydrogens is 358 g/mol. The van der Waals surface area contributed by atoms with E-state index in [0.29, 0.717) is 6.07 Å². The van der Waals surface area contributed by atoms with Gasteiger partial charge >= 0.3 is 6.18 Å². The van der Waals surface area contributed by atoms with Crippen molar-refractivity contribution in [1.82, 2.24) is 0 Å². The Kier molecular flexibility index (Phi) is 4.51. The highest BCUT2D eigenvalue weighted by molar-refractivity contribution is 9.11. The molecule has 1 unspecified atom stereocenters. The molecule has 0 fully saturated rings. The predicted molar refractivity (Wildman–Crippen MR) is 74.1 cm³/mol. The molecule has 2 rings (SSSR count). The minimum atomic E-state index is -4.51. The SMILES string of the molecule is NC(Cc1ccc(Br)s1)c1cc(C(F)(F)F)ccc1F. The smallest absolute Gasteiger partial charge is 0.324 e. The largest absolute Gasteiger partial charge is 0.416 e. The summed E-state index contributed by atoms with van der Waals surface area (Å²) in [6, 6.07) is 5.11. The molecule has 0 saturated heterocycles. The fraction of sp³-hybridized carbons (Fsp3) is 0.231. The van der Waals surface area contributed by atoms with E-state index in [9.17, 15) is 17.6 Å². The number of alkyl halides is 3. The molecule has 0 aliphatic rings. The summed E-state index contributed by atoms with van der Waals surface area (Å²) in [5.74, 6) is -0.721. The van der Waals surface area contributed by atoms with Gasteiger partial charge in [0.2, 0.25) is 0 Å². The molecule has 20 heavy (non-hydrogen) atoms. The molecule has 1 heterocycles. The first-order valence-electron chi connectivity index (χ1n) is 5.64. The van der Waals surface area contributed by atoms with Crippen LogP contribution in [0.3, 0.4) is 0 Å². The summed E-state index contributed by atoms with van der Waals surface area (Å²) < 4.78 is 52.4. The number of nitrogens with two attached hydrogens (primary N) is 1. The third-order valence-electron chi connectivity index (χ3n) is 2.77. The van der Waals surface area contributed by atoms with E-state index in [-0.39, 0.29) is 12.0 Å². The monoisotopic (exact) mass is 367 g/mol. The second-order valence-electron chi connectivity index (χ2n) is 4.25. The van der Waals surface area contributed by atoms with Crippen LogP contribution in [0.1, 0.15) is 22.0 Å². The molecule has 0 spiro atoms. The van der Waals surface area contributed by atoms with E-state index in [0.717, 1.165) is 20.8 Å². The molecule has 0 bridgehead atoms. The van der Waals surface area contributed by atoms with Crippen LogP contribution in [0.2, 0.25) is 0 Å². The molecule has 7 heteroatoms. The maximum absolute atomic E-state index is 13.7. The van der Waals surface area contributed by atoms with Crippen LogP contribution in [0.4, 0.5) is 17.6 Å². The quantitative estimate of drug-likeness (QED) is 0.766. The van der Waals surface area contributed by atoms with Crippen LogP contribution in [0, 0.1) is 5.82 Å². The van der Waals surface area contributed by atoms with Crippen molar-refractivity contribution in [3.8, 4) is 0 Å². The Morgan fingerprint density at radius 2 is 1.90 bits per heavy atom. The van der Waals surface area contributed by atoms with Crippen molar-refractivity contribution in [2.45, 2.75) is 18.6 Å². The predicted octanol–water partition coefficient (Wildman–Crippen LogP) is 4.91. The van der Waals surface area contributed by atoms with Gasteiger partial charge in [-0.15, -0.1) is 11.3 Å². The van der Waals surface area contributed by atoms with E-state index in [4.69, 9.17) is 5.73 Å². The van der Waals surface area contributed by atoms with Crippen molar-refractivity contribution < 1.29 is 17.6 Å². The number of benzene rings is 1. The van der Waals surface area contributed by atoms with Gasteiger partial charge in [-0.2, -0.15) is 13.2 Å². The molecule has 1 aromatic heterocycles. The Balaban J connectivity index is 2.27. The van der Waals surface area contributed by atoms with Gasteiger partial charge in [0, 0.05) is 22.9 Å². The number of halogens is 5. The van der Waals surface area contributed by atoms with Crippen molar-refractivity contribution in [3.63, 3.8) is 0 Å². The highest BCUT2D eigenvalue weighted by Crippen LogP contribution is 2.33. The lowest BCUT2D eigenvalue weighted by molar-refractivity contribution is -0.137. The Labute approximate surface area is 125 Å². The highest BCUT2D eigenvalue weighted by atomic mass is 79.9. The lowest BCUT2D eigenvalue weighted by Crippen LogP contribution is -2.16. The number of hydrogen-bond acceptors (Lipinski definition) is 2. The Bertz CT molecular complexity index is 609. The first kappa shape index (κ1) is 15.5. The summed E-state index contributed by atoms with van der Waals surface area (Å²) in [6.07, 6.45) is -4.22. The maximum atomic E-state index is 13.7. The summed E-state index contributed by atoms with van der Waals surface area (Å²) >= 11 is 4.70. The van der Waals surface area contributed by atoms with Crippen LogP contribution in [-0.2, 0) is 12.6 Å². The van der Waals surface area contributed by atoms with E-state index in [1.165, 1.54) is 11.3 Å². The van der Waals surface area contributed by atoms with E-state index < -0.39 is 23.6 Å². The van der Waals surface area contributed by atoms with Crippen LogP contribution >= 0.6 is 27.3 Å². The van der Waals surface area contributed by atoms with Gasteiger partial charge in [-0.3, -0.25) is 0 Å². The molecule has 108 valence electrons. The van der Waals surface area contributed by atoms with Gasteiger partial charge in [-0.05, 0) is 46.3 Å². The lowest BCUT2D eigenvalue weighted by Gasteiger charge is -2.15. The first-order valence-corrected chi connectivity index (χ1v) is 7.25. The highest BCUT2D eigenvalue weighted by Gasteiger charge is 2.31. The molecule has 2 aromatic rings. The zero-order valence-electron chi connectivity index (χ0n) is 10.0. The minimum absolute atomic E-state index is 0.121. The van der Waals surface area contributed by atoms with Gasteiger partial charge < -0.3 is 5.73 Å². The van der Waals surface area contributed by atoms with Gasteiger partial charge in [-0.1, -0.05) is 0 Å². The Morgan fingerprint density at radius 1 is 1.20 bits per heavy atom. The maximum Gasteiger partial charge on any atom is 0.416 e. The van der Waals surface area contributed by atoms with Crippen LogP contribution in [-0.4, -0.2) is 0 Å². The molecule has 0 aliphatic carbocycles. The van der Waals surface area contributed by atoms with Crippen LogP contribution < -0.4 is 5.73 Å². The van der Waals surface area contributed by atoms with Crippen molar-refractivity contribution in [2.75, 3.05) is 0 Å². The molecule has 0 radical (unpaired) electrons. The van der Waals surface area contributed by atoms with E-state index >= 15 is 0 Å². The number of rotatable bonds is 3. The average molecular weight is 368 g/mol. The van der Waals surface area contributed by atoms with Crippen molar-refractivity contribution >= 4 is 27.3 Å². The molecule has 1 aromatic carbocycles. The topological polar surface area (TPSA) is 26.0 Å². The van der Waals surface area contributed by atoms with Gasteiger partial charge in [0.05, 0.1) is 9.35 Å². The third-order valence-corrected chi connectivity index (χ3v) is 4.42. The normalized spacial score (nSPS) is 13.5. The summed E-state index contributed by atoms with van der Waals surface area (Å²) in [6.45, 7) is 0. The van der Waals surface area contributed by atoms with Crippen molar-refractivity contribution in [3.05, 3.63) is 55.9 Å². The minimum Gasteiger partial charge on any atom is -0.324 e. The molecular formula is C13H10BrF4NS. The van der Waals surface area contributed by atoms with Crippen LogP contribution in [0.5, 0.6) is 0 Å². The van der Waals surface area contributed by atoms with E-state index in [2.05, 4.69) is 15.9 Å². The van der Waals surface area contributed by atoms with Crippen molar-refractivity contribution in [2.24, 2.45) is 5.73 Å². The summed E-state index contributed by atoms with van der Waals surface area (Å²) in [5, 5.41) is 0. The second-order valence-corrected chi connectivity index (χ2v) is 6.80. The molecule has 0 amide bonds. The van der Waals surface area contributed by atoms with Crippen molar-refractivity contribution in [1.29, 1.82) is 0 Å². The second kappa shape index (κ2) is 5.83. The first-order chi connectivity index (χ1) is 9.27. The zero-order valence-corrected chi connectivity index (χ0v) is 12.4. The number of thiophene rings is 1. The van der Waals surface area contributed by atoms with Gasteiger partial charge in [0.25, 0.3) is 0 Å². The standard InChI is InChI=1S/C13H10BrF4NS/c14-12-4-2-8(20-12)6-11(19)9-5-7(13(16,17)18)1-3-10(9)15/h1-5,11H,6,19H2. The third kappa shape index (κ3) is 3.59. The fourth-order valence-electron chi connectivity index (χ4n) is 1.79. The average Bonchev–Trinajstić information content (AvgIpc) is 2.73. The molecule has 2 N–H and O–H groups in total. The van der Waals surface area contributed by atoms with Gasteiger partial charge in [-0.25, -0.2) is 4.39 Å². The number of hydrogen-bond donors (Lipinski definition) is 1. The van der Waals surface area contributed by atoms with Gasteiger partial charge in [0.15, 0.2) is 0 Å². The Morgan fingerprint density at radius 3 is 2.45 bits per heavy atom. The summed E-state index contributed by atoms with van der Waals surface area (Å²) in [5.41, 5.74) is 4.82. The molecule has 0 aliphatic heterocycles. The van der Waals surface area contributed by atoms with E-state index in [1.807, 2.05) is 6.07 Å². The molecule has 0 saturated carbocycles. The van der Waals surface area contributed by atoms with E-state index in [1.54, 1.807) is 6.07 Å². The molecule has 1 atom stereocenters. The fourth-order valence-corrected chi connectivity index (χ4v) is 3.33. The lowest BCUT2D eigenvalue weighted by atomic mass is 10.0. The van der Waals surface area contributed by atoms with Gasteiger partial charge in [0.1, 0.15) is 5.82 Å². The summed E-state index contributed by atoms with van der Waals surface area (Å²) in [4.78, 5) is 0.876. The zero-order chi connectivity index (χ0) is 14.9. The summed E-state index contributed by atoms with van der Waals surface area (Å²) in [7, 11) is 0. The Hall–Kier alpha value is -0.920. The molecule has 1 nitrogen and oxygen atoms in total.